The highest BCUT2D eigenvalue weighted by Crippen LogP contribution is 2.76. The first kappa shape index (κ1) is 9.38. The normalized spacial score (nSPS) is 41.7. The maximum Gasteiger partial charge on any atom is 0.0245 e. The van der Waals surface area contributed by atoms with Gasteiger partial charge in [0.2, 0.25) is 0 Å². The van der Waals surface area contributed by atoms with Gasteiger partial charge < -0.3 is 0 Å². The summed E-state index contributed by atoms with van der Waals surface area (Å²) < 4.78 is 0. The van der Waals surface area contributed by atoms with Crippen molar-refractivity contribution >= 4 is 0 Å². The summed E-state index contributed by atoms with van der Waals surface area (Å²) in [6.45, 7) is 2.41. The molecule has 0 heterocycles. The Labute approximate surface area is 108 Å². The number of rotatable bonds is 0. The molecule has 0 aromatic heterocycles. The predicted molar refractivity (Wildman–Crippen MR) is 73.9 cm³/mol. The van der Waals surface area contributed by atoms with Crippen LogP contribution in [0.15, 0.2) is 70.4 Å². The standard InChI is InChI=1S/C18H16/c1-17-10-8-15-13-6-3-2-5-12(13)14-7-4-9-18(17,11-17)16(14)15/h4-10H,2-3,11H2,1H3. The fourth-order valence-electron chi connectivity index (χ4n) is 4.45. The summed E-state index contributed by atoms with van der Waals surface area (Å²) in [7, 11) is 0. The minimum atomic E-state index is 0.334. The molecule has 0 aliphatic heterocycles. The lowest BCUT2D eigenvalue weighted by Crippen LogP contribution is -2.16. The molecule has 2 atom stereocenters. The first-order valence-corrected chi connectivity index (χ1v) is 7.01. The molecule has 18 heavy (non-hydrogen) atoms. The van der Waals surface area contributed by atoms with E-state index in [-0.39, 0.29) is 0 Å². The van der Waals surface area contributed by atoms with Crippen molar-refractivity contribution in [1.82, 2.24) is 0 Å². The second-order valence-corrected chi connectivity index (χ2v) is 6.44. The predicted octanol–water partition coefficient (Wildman–Crippen LogP) is 4.41. The van der Waals surface area contributed by atoms with E-state index in [1.54, 1.807) is 5.57 Å². The summed E-state index contributed by atoms with van der Waals surface area (Å²) in [5.74, 6) is 0. The molecule has 2 unspecified atom stereocenters. The summed E-state index contributed by atoms with van der Waals surface area (Å²) in [5, 5.41) is 0. The fourth-order valence-corrected chi connectivity index (χ4v) is 4.45. The lowest BCUT2D eigenvalue weighted by atomic mass is 9.76. The Balaban J connectivity index is 1.87. The first-order valence-electron chi connectivity index (χ1n) is 7.01. The fraction of sp³-hybridized carbons (Fsp3) is 0.333. The van der Waals surface area contributed by atoms with Crippen molar-refractivity contribution in [3.63, 3.8) is 0 Å². The summed E-state index contributed by atoms with van der Waals surface area (Å²) in [6, 6.07) is 0. The van der Waals surface area contributed by atoms with Crippen LogP contribution in [0.3, 0.4) is 0 Å². The van der Waals surface area contributed by atoms with E-state index in [2.05, 4.69) is 49.5 Å². The summed E-state index contributed by atoms with van der Waals surface area (Å²) in [4.78, 5) is 0. The van der Waals surface area contributed by atoms with E-state index in [9.17, 15) is 0 Å². The zero-order valence-corrected chi connectivity index (χ0v) is 10.7. The van der Waals surface area contributed by atoms with Crippen LogP contribution < -0.4 is 0 Å². The minimum absolute atomic E-state index is 0.334. The van der Waals surface area contributed by atoms with Crippen molar-refractivity contribution < 1.29 is 0 Å². The summed E-state index contributed by atoms with van der Waals surface area (Å²) in [6.07, 6.45) is 20.5. The van der Waals surface area contributed by atoms with Crippen LogP contribution in [0.5, 0.6) is 0 Å². The summed E-state index contributed by atoms with van der Waals surface area (Å²) >= 11 is 0. The Kier molecular flexibility index (Phi) is 1.34. The van der Waals surface area contributed by atoms with Gasteiger partial charge in [0, 0.05) is 10.8 Å². The van der Waals surface area contributed by atoms with Crippen LogP contribution in [0.2, 0.25) is 0 Å². The molecular formula is C18H16. The van der Waals surface area contributed by atoms with Crippen molar-refractivity contribution in [2.24, 2.45) is 10.8 Å². The van der Waals surface area contributed by atoms with Gasteiger partial charge in [-0.1, -0.05) is 49.5 Å². The van der Waals surface area contributed by atoms with Gasteiger partial charge >= 0.3 is 0 Å². The molecule has 0 aromatic carbocycles. The topological polar surface area (TPSA) is 0 Å². The number of fused-ring (bicyclic) bond motifs is 3. The molecule has 0 amide bonds. The van der Waals surface area contributed by atoms with Crippen molar-refractivity contribution in [2.75, 3.05) is 0 Å². The molecule has 1 fully saturated rings. The third-order valence-electron chi connectivity index (χ3n) is 5.52. The molecule has 88 valence electrons. The van der Waals surface area contributed by atoms with Gasteiger partial charge in [-0.25, -0.2) is 0 Å². The van der Waals surface area contributed by atoms with Crippen LogP contribution >= 0.6 is 0 Å². The van der Waals surface area contributed by atoms with Crippen LogP contribution in [0.25, 0.3) is 0 Å². The van der Waals surface area contributed by atoms with E-state index in [0.717, 1.165) is 0 Å². The highest BCUT2D eigenvalue weighted by atomic mass is 14.7. The highest BCUT2D eigenvalue weighted by Gasteiger charge is 2.67. The average Bonchev–Trinajstić information content (AvgIpc) is 2.86. The van der Waals surface area contributed by atoms with Crippen LogP contribution in [0.4, 0.5) is 0 Å². The molecule has 0 nitrogen and oxygen atoms in total. The third kappa shape index (κ3) is 0.791. The Morgan fingerprint density at radius 1 is 1.00 bits per heavy atom. The maximum absolute atomic E-state index is 2.46. The van der Waals surface area contributed by atoms with Gasteiger partial charge in [0.25, 0.3) is 0 Å². The van der Waals surface area contributed by atoms with E-state index in [1.807, 2.05) is 0 Å². The van der Waals surface area contributed by atoms with Crippen molar-refractivity contribution in [1.29, 1.82) is 0 Å². The van der Waals surface area contributed by atoms with Crippen molar-refractivity contribution in [3.05, 3.63) is 70.4 Å². The molecule has 5 aliphatic rings. The van der Waals surface area contributed by atoms with Crippen LogP contribution in [-0.4, -0.2) is 0 Å². The molecular weight excluding hydrogens is 216 g/mol. The van der Waals surface area contributed by atoms with Gasteiger partial charge in [-0.15, -0.1) is 0 Å². The van der Waals surface area contributed by atoms with Gasteiger partial charge in [0.15, 0.2) is 0 Å². The zero-order valence-electron chi connectivity index (χ0n) is 10.7. The molecule has 5 rings (SSSR count). The van der Waals surface area contributed by atoms with Crippen LogP contribution in [-0.2, 0) is 0 Å². The van der Waals surface area contributed by atoms with E-state index < -0.39 is 0 Å². The Bertz CT molecular complexity index is 675. The van der Waals surface area contributed by atoms with Gasteiger partial charge in [0.05, 0.1) is 0 Å². The Hall–Kier alpha value is -1.56. The van der Waals surface area contributed by atoms with E-state index in [0.29, 0.717) is 10.8 Å². The van der Waals surface area contributed by atoms with Crippen LogP contribution in [0, 0.1) is 10.8 Å². The van der Waals surface area contributed by atoms with Crippen molar-refractivity contribution in [2.45, 2.75) is 26.2 Å². The van der Waals surface area contributed by atoms with E-state index >= 15 is 0 Å². The molecule has 0 aromatic rings. The minimum Gasteiger partial charge on any atom is -0.0767 e. The SMILES string of the molecule is CC12C=CC3=C4C(=CC=CC41C2)C1=CCCC=C13. The highest BCUT2D eigenvalue weighted by molar-refractivity contribution is 5.81. The smallest absolute Gasteiger partial charge is 0.0245 e. The molecule has 5 aliphatic carbocycles. The summed E-state index contributed by atoms with van der Waals surface area (Å²) in [5.41, 5.74) is 8.41. The monoisotopic (exact) mass is 232 g/mol. The Morgan fingerprint density at radius 3 is 2.72 bits per heavy atom. The first-order chi connectivity index (χ1) is 8.75. The van der Waals surface area contributed by atoms with Gasteiger partial charge in [-0.3, -0.25) is 0 Å². The van der Waals surface area contributed by atoms with Gasteiger partial charge in [-0.2, -0.15) is 0 Å². The van der Waals surface area contributed by atoms with E-state index in [1.165, 1.54) is 41.6 Å². The lowest BCUT2D eigenvalue weighted by molar-refractivity contribution is 0.577. The second kappa shape index (κ2) is 2.56. The molecule has 0 saturated heterocycles. The second-order valence-electron chi connectivity index (χ2n) is 6.44. The van der Waals surface area contributed by atoms with Crippen LogP contribution in [0.1, 0.15) is 26.2 Å². The largest absolute Gasteiger partial charge is 0.0767 e. The van der Waals surface area contributed by atoms with Gasteiger partial charge in [-0.05, 0) is 47.1 Å². The molecule has 0 radical (unpaired) electrons. The maximum atomic E-state index is 2.46. The lowest BCUT2D eigenvalue weighted by Gasteiger charge is -2.26. The average molecular weight is 232 g/mol. The number of hydrogen-bond donors (Lipinski definition) is 0. The quantitative estimate of drug-likeness (QED) is 0.580. The molecule has 0 N–H and O–H groups in total. The number of allylic oxidation sites excluding steroid dienone is 12. The zero-order chi connectivity index (χ0) is 12.0. The van der Waals surface area contributed by atoms with Gasteiger partial charge in [0.1, 0.15) is 0 Å². The van der Waals surface area contributed by atoms with E-state index in [4.69, 9.17) is 0 Å². The molecule has 0 bridgehead atoms. The third-order valence-corrected chi connectivity index (χ3v) is 5.52. The van der Waals surface area contributed by atoms with Crippen molar-refractivity contribution in [3.8, 4) is 0 Å². The molecule has 0 heteroatoms. The number of hydrogen-bond acceptors (Lipinski definition) is 0. The molecule has 1 spiro atoms. The molecule has 1 saturated carbocycles. The Morgan fingerprint density at radius 2 is 1.83 bits per heavy atom.